The number of nitrogens with zero attached hydrogens (tertiary/aromatic N) is 1. The molecule has 0 N–H and O–H groups in total. The van der Waals surface area contributed by atoms with Crippen LogP contribution in [0.25, 0.3) is 0 Å². The maximum Gasteiger partial charge on any atom is 0.128 e. The van der Waals surface area contributed by atoms with E-state index in [4.69, 9.17) is 10.00 Å². The molecular formula is C16H20FNO. The third-order valence-electron chi connectivity index (χ3n) is 4.20. The third-order valence-corrected chi connectivity index (χ3v) is 4.20. The normalized spacial score (nSPS) is 26.9. The van der Waals surface area contributed by atoms with Crippen LogP contribution in [0.15, 0.2) is 18.2 Å². The van der Waals surface area contributed by atoms with E-state index in [1.165, 1.54) is 18.6 Å². The summed E-state index contributed by atoms with van der Waals surface area (Å²) in [6.07, 6.45) is 3.48. The van der Waals surface area contributed by atoms with E-state index in [0.717, 1.165) is 18.8 Å². The topological polar surface area (TPSA) is 33.0 Å². The molecule has 1 aliphatic carbocycles. The summed E-state index contributed by atoms with van der Waals surface area (Å²) >= 11 is 0. The maximum atomic E-state index is 13.6. The molecule has 1 aromatic rings. The molecule has 102 valence electrons. The molecule has 1 aliphatic rings. The van der Waals surface area contributed by atoms with Crippen LogP contribution in [0.3, 0.4) is 0 Å². The highest BCUT2D eigenvalue weighted by molar-refractivity contribution is 5.33. The lowest BCUT2D eigenvalue weighted by Crippen LogP contribution is -2.26. The molecule has 1 fully saturated rings. The smallest absolute Gasteiger partial charge is 0.128 e. The molecule has 3 unspecified atom stereocenters. The Morgan fingerprint density at radius 2 is 2.11 bits per heavy atom. The van der Waals surface area contributed by atoms with Gasteiger partial charge in [0.2, 0.25) is 0 Å². The standard InChI is InChI=1S/C16H20FNO/c1-11-3-5-15(7-12(11)2)19-10-14-8-13(9-18)4-6-16(14)17/h4,6,8,11-12,15H,3,5,7,10H2,1-2H3. The van der Waals surface area contributed by atoms with Crippen molar-refractivity contribution in [2.45, 2.75) is 45.8 Å². The molecule has 2 rings (SSSR count). The van der Waals surface area contributed by atoms with Gasteiger partial charge in [0.25, 0.3) is 0 Å². The van der Waals surface area contributed by atoms with E-state index in [1.54, 1.807) is 6.07 Å². The van der Waals surface area contributed by atoms with Crippen molar-refractivity contribution in [2.24, 2.45) is 11.8 Å². The lowest BCUT2D eigenvalue weighted by atomic mass is 9.80. The number of halogens is 1. The summed E-state index contributed by atoms with van der Waals surface area (Å²) in [5.74, 6) is 1.11. The molecule has 3 atom stereocenters. The Balaban J connectivity index is 1.94. The van der Waals surface area contributed by atoms with Crippen LogP contribution in [0, 0.1) is 29.0 Å². The highest BCUT2D eigenvalue weighted by Crippen LogP contribution is 2.31. The molecule has 0 saturated heterocycles. The average molecular weight is 261 g/mol. The van der Waals surface area contributed by atoms with Crippen molar-refractivity contribution in [3.8, 4) is 6.07 Å². The molecule has 0 spiro atoms. The van der Waals surface area contributed by atoms with E-state index in [9.17, 15) is 4.39 Å². The third kappa shape index (κ3) is 3.54. The van der Waals surface area contributed by atoms with Gasteiger partial charge in [-0.3, -0.25) is 0 Å². The Morgan fingerprint density at radius 1 is 1.32 bits per heavy atom. The number of hydrogen-bond acceptors (Lipinski definition) is 2. The van der Waals surface area contributed by atoms with Crippen LogP contribution >= 0.6 is 0 Å². The summed E-state index contributed by atoms with van der Waals surface area (Å²) in [4.78, 5) is 0. The Kier molecular flexibility index (Phi) is 4.55. The number of ether oxygens (including phenoxy) is 1. The fraction of sp³-hybridized carbons (Fsp3) is 0.562. The van der Waals surface area contributed by atoms with Crippen molar-refractivity contribution < 1.29 is 9.13 Å². The second kappa shape index (κ2) is 6.16. The van der Waals surface area contributed by atoms with Gasteiger partial charge in [-0.1, -0.05) is 13.8 Å². The summed E-state index contributed by atoms with van der Waals surface area (Å²) in [7, 11) is 0. The molecule has 0 amide bonds. The van der Waals surface area contributed by atoms with Gasteiger partial charge in [-0.2, -0.15) is 5.26 Å². The van der Waals surface area contributed by atoms with Gasteiger partial charge < -0.3 is 4.74 Å². The van der Waals surface area contributed by atoms with Crippen molar-refractivity contribution in [3.05, 3.63) is 35.1 Å². The van der Waals surface area contributed by atoms with E-state index in [1.807, 2.05) is 6.07 Å². The van der Waals surface area contributed by atoms with Crippen molar-refractivity contribution in [1.29, 1.82) is 5.26 Å². The van der Waals surface area contributed by atoms with Crippen LogP contribution in [0.1, 0.15) is 44.2 Å². The molecule has 0 bridgehead atoms. The Morgan fingerprint density at radius 3 is 2.79 bits per heavy atom. The zero-order valence-electron chi connectivity index (χ0n) is 11.5. The quantitative estimate of drug-likeness (QED) is 0.822. The second-order valence-corrected chi connectivity index (χ2v) is 5.62. The lowest BCUT2D eigenvalue weighted by Gasteiger charge is -2.32. The minimum Gasteiger partial charge on any atom is -0.373 e. The fourth-order valence-electron chi connectivity index (χ4n) is 2.61. The van der Waals surface area contributed by atoms with Crippen LogP contribution in [0.2, 0.25) is 0 Å². The van der Waals surface area contributed by atoms with Crippen molar-refractivity contribution >= 4 is 0 Å². The summed E-state index contributed by atoms with van der Waals surface area (Å²) in [6.45, 7) is 4.78. The largest absolute Gasteiger partial charge is 0.373 e. The number of rotatable bonds is 3. The lowest BCUT2D eigenvalue weighted by molar-refractivity contribution is -0.00846. The predicted octanol–water partition coefficient (Wildman–Crippen LogP) is 4.04. The van der Waals surface area contributed by atoms with E-state index in [2.05, 4.69) is 13.8 Å². The van der Waals surface area contributed by atoms with Crippen LogP contribution in [-0.4, -0.2) is 6.10 Å². The first kappa shape index (κ1) is 14.0. The van der Waals surface area contributed by atoms with E-state index < -0.39 is 0 Å². The van der Waals surface area contributed by atoms with E-state index in [0.29, 0.717) is 17.0 Å². The Hall–Kier alpha value is -1.40. The van der Waals surface area contributed by atoms with Crippen LogP contribution in [0.4, 0.5) is 4.39 Å². The van der Waals surface area contributed by atoms with Gasteiger partial charge in [0.05, 0.1) is 24.3 Å². The first-order valence-corrected chi connectivity index (χ1v) is 6.90. The highest BCUT2D eigenvalue weighted by atomic mass is 19.1. The molecule has 19 heavy (non-hydrogen) atoms. The minimum atomic E-state index is -0.295. The van der Waals surface area contributed by atoms with Gasteiger partial charge in [-0.05, 0) is 49.3 Å². The number of hydrogen-bond donors (Lipinski definition) is 0. The monoisotopic (exact) mass is 261 g/mol. The maximum absolute atomic E-state index is 13.6. The first-order chi connectivity index (χ1) is 9.10. The second-order valence-electron chi connectivity index (χ2n) is 5.62. The van der Waals surface area contributed by atoms with Gasteiger partial charge in [-0.15, -0.1) is 0 Å². The number of nitriles is 1. The average Bonchev–Trinajstić information content (AvgIpc) is 2.41. The SMILES string of the molecule is CC1CCC(OCc2cc(C#N)ccc2F)CC1C. The van der Waals surface area contributed by atoms with E-state index >= 15 is 0 Å². The van der Waals surface area contributed by atoms with Gasteiger partial charge in [-0.25, -0.2) is 4.39 Å². The van der Waals surface area contributed by atoms with Gasteiger partial charge in [0, 0.05) is 5.56 Å². The van der Waals surface area contributed by atoms with Crippen molar-refractivity contribution in [3.63, 3.8) is 0 Å². The van der Waals surface area contributed by atoms with Crippen LogP contribution < -0.4 is 0 Å². The molecule has 0 aromatic heterocycles. The molecule has 3 heteroatoms. The van der Waals surface area contributed by atoms with Crippen LogP contribution in [0.5, 0.6) is 0 Å². The summed E-state index contributed by atoms with van der Waals surface area (Å²) in [5, 5.41) is 8.82. The van der Waals surface area contributed by atoms with Crippen molar-refractivity contribution in [1.82, 2.24) is 0 Å². The van der Waals surface area contributed by atoms with Gasteiger partial charge in [0.1, 0.15) is 5.82 Å². The van der Waals surface area contributed by atoms with Gasteiger partial charge in [0.15, 0.2) is 0 Å². The molecule has 1 aromatic carbocycles. The number of benzene rings is 1. The fourth-order valence-corrected chi connectivity index (χ4v) is 2.61. The molecule has 0 aliphatic heterocycles. The zero-order chi connectivity index (χ0) is 13.8. The molecule has 0 radical (unpaired) electrons. The predicted molar refractivity (Wildman–Crippen MR) is 71.9 cm³/mol. The summed E-state index contributed by atoms with van der Waals surface area (Å²) in [6, 6.07) is 6.42. The molecule has 1 saturated carbocycles. The first-order valence-electron chi connectivity index (χ1n) is 6.90. The van der Waals surface area contributed by atoms with Crippen LogP contribution in [-0.2, 0) is 11.3 Å². The Bertz CT molecular complexity index is 480. The summed E-state index contributed by atoms with van der Waals surface area (Å²) < 4.78 is 19.4. The molecule has 2 nitrogen and oxygen atoms in total. The van der Waals surface area contributed by atoms with Crippen molar-refractivity contribution in [2.75, 3.05) is 0 Å². The zero-order valence-corrected chi connectivity index (χ0v) is 11.5. The Labute approximate surface area is 114 Å². The molecular weight excluding hydrogens is 241 g/mol. The highest BCUT2D eigenvalue weighted by Gasteiger charge is 2.25. The molecule has 0 heterocycles. The summed E-state index contributed by atoms with van der Waals surface area (Å²) in [5.41, 5.74) is 0.955. The minimum absolute atomic E-state index is 0.219. The van der Waals surface area contributed by atoms with Gasteiger partial charge >= 0.3 is 0 Å². The van der Waals surface area contributed by atoms with E-state index in [-0.39, 0.29) is 18.5 Å².